The molecule has 0 saturated heterocycles. The second-order valence-corrected chi connectivity index (χ2v) is 12.7. The maximum Gasteiger partial charge on any atom is 0.259 e. The third kappa shape index (κ3) is 7.54. The molecule has 7 aromatic carbocycles. The number of hydrogen-bond donors (Lipinski definition) is 0. The molecule has 6 heteroatoms. The van der Waals surface area contributed by atoms with Crippen molar-refractivity contribution in [1.82, 2.24) is 0 Å². The van der Waals surface area contributed by atoms with Crippen molar-refractivity contribution in [2.45, 2.75) is 12.1 Å². The Bertz CT molecular complexity index is 2170. The van der Waals surface area contributed by atoms with E-state index in [0.717, 1.165) is 0 Å². The third-order valence-corrected chi connectivity index (χ3v) is 9.25. The molecule has 7 rings (SSSR count). The van der Waals surface area contributed by atoms with Crippen LogP contribution in [0.4, 0.5) is 11.4 Å². The molecule has 54 heavy (non-hydrogen) atoms. The zero-order valence-electron chi connectivity index (χ0n) is 29.3. The first-order valence-electron chi connectivity index (χ1n) is 17.7. The molecule has 0 aliphatic carbocycles. The van der Waals surface area contributed by atoms with Gasteiger partial charge in [0.25, 0.3) is 11.8 Å². The van der Waals surface area contributed by atoms with E-state index in [4.69, 9.17) is 0 Å². The van der Waals surface area contributed by atoms with Gasteiger partial charge in [0.15, 0.2) is 11.6 Å². The lowest BCUT2D eigenvalue weighted by Crippen LogP contribution is -2.40. The molecule has 0 aromatic heterocycles. The van der Waals surface area contributed by atoms with Crippen LogP contribution < -0.4 is 9.80 Å². The van der Waals surface area contributed by atoms with E-state index in [0.29, 0.717) is 33.6 Å². The van der Waals surface area contributed by atoms with E-state index in [2.05, 4.69) is 0 Å². The van der Waals surface area contributed by atoms with Crippen LogP contribution in [0.2, 0.25) is 0 Å². The second kappa shape index (κ2) is 16.4. The van der Waals surface area contributed by atoms with Crippen LogP contribution in [0, 0.1) is 0 Å². The topological polar surface area (TPSA) is 74.8 Å². The molecule has 6 nitrogen and oxygen atoms in total. The molecule has 7 aromatic rings. The quantitative estimate of drug-likeness (QED) is 0.119. The van der Waals surface area contributed by atoms with Gasteiger partial charge in [0, 0.05) is 33.6 Å². The van der Waals surface area contributed by atoms with E-state index >= 15 is 0 Å². The summed E-state index contributed by atoms with van der Waals surface area (Å²) in [5, 5.41) is 0. The lowest BCUT2D eigenvalue weighted by molar-refractivity contribution is 0.0894. The maximum absolute atomic E-state index is 14.7. The van der Waals surface area contributed by atoms with Gasteiger partial charge in [-0.1, -0.05) is 158 Å². The summed E-state index contributed by atoms with van der Waals surface area (Å²) >= 11 is 0. The Hall–Kier alpha value is -7.18. The molecule has 0 bridgehead atoms. The predicted molar refractivity (Wildman–Crippen MR) is 213 cm³/mol. The van der Waals surface area contributed by atoms with Gasteiger partial charge in [0.1, 0.15) is 12.1 Å². The number of carbonyl (C=O) groups excluding carboxylic acids is 4. The molecular formula is C48H36N2O4. The van der Waals surface area contributed by atoms with Gasteiger partial charge >= 0.3 is 0 Å². The predicted octanol–water partition coefficient (Wildman–Crippen LogP) is 10.2. The van der Waals surface area contributed by atoms with Gasteiger partial charge in [-0.25, -0.2) is 0 Å². The van der Waals surface area contributed by atoms with Crippen LogP contribution in [0.3, 0.4) is 0 Å². The van der Waals surface area contributed by atoms with Gasteiger partial charge in [-0.3, -0.25) is 29.0 Å². The Labute approximate surface area is 314 Å². The van der Waals surface area contributed by atoms with E-state index < -0.39 is 23.9 Å². The first kappa shape index (κ1) is 35.2. The fourth-order valence-corrected chi connectivity index (χ4v) is 6.60. The molecule has 0 fully saturated rings. The van der Waals surface area contributed by atoms with Crippen molar-refractivity contribution in [3.8, 4) is 0 Å². The number of rotatable bonds is 12. The first-order valence-corrected chi connectivity index (χ1v) is 17.7. The number of carbonyl (C=O) groups is 4. The number of Topliss-reactive ketones (excluding diaryl/α,β-unsaturated/α-hetero) is 2. The summed E-state index contributed by atoms with van der Waals surface area (Å²) in [7, 11) is 0. The zero-order valence-corrected chi connectivity index (χ0v) is 29.3. The molecule has 262 valence electrons. The van der Waals surface area contributed by atoms with Crippen molar-refractivity contribution in [1.29, 1.82) is 0 Å². The first-order chi connectivity index (χ1) is 26.5. The Morgan fingerprint density at radius 2 is 0.556 bits per heavy atom. The number of para-hydroxylation sites is 2. The number of benzene rings is 7. The Morgan fingerprint density at radius 1 is 0.296 bits per heavy atom. The lowest BCUT2D eigenvalue weighted by atomic mass is 9.94. The SMILES string of the molecule is O=C(c1ccccc1)[C@@H](c1ccccc1)N(C(=O)c1ccc(C(=O)N(c2ccccc2)[C@@H](C(=O)c2ccccc2)c2ccccc2)cc1)c1ccccc1. The van der Waals surface area contributed by atoms with Crippen LogP contribution in [0.25, 0.3) is 0 Å². The molecule has 0 N–H and O–H groups in total. The molecule has 0 spiro atoms. The van der Waals surface area contributed by atoms with Crippen LogP contribution in [0.1, 0.15) is 64.6 Å². The molecule has 0 heterocycles. The van der Waals surface area contributed by atoms with Crippen molar-refractivity contribution in [2.24, 2.45) is 0 Å². The molecule has 0 radical (unpaired) electrons. The van der Waals surface area contributed by atoms with E-state index in [1.807, 2.05) is 109 Å². The van der Waals surface area contributed by atoms with Crippen LogP contribution in [0.5, 0.6) is 0 Å². The Morgan fingerprint density at radius 3 is 0.852 bits per heavy atom. The van der Waals surface area contributed by atoms with Crippen molar-refractivity contribution in [3.63, 3.8) is 0 Å². The summed E-state index contributed by atoms with van der Waals surface area (Å²) in [6.07, 6.45) is 0. The van der Waals surface area contributed by atoms with Gasteiger partial charge in [0.2, 0.25) is 0 Å². The van der Waals surface area contributed by atoms with Gasteiger partial charge in [-0.2, -0.15) is 0 Å². The molecule has 0 aliphatic rings. The minimum atomic E-state index is -0.978. The highest BCUT2D eigenvalue weighted by molar-refractivity contribution is 6.15. The van der Waals surface area contributed by atoms with Crippen molar-refractivity contribution >= 4 is 34.8 Å². The highest BCUT2D eigenvalue weighted by Crippen LogP contribution is 2.34. The fourth-order valence-electron chi connectivity index (χ4n) is 6.60. The van der Waals surface area contributed by atoms with E-state index in [1.165, 1.54) is 9.80 Å². The Balaban J connectivity index is 1.29. The monoisotopic (exact) mass is 704 g/mol. The smallest absolute Gasteiger partial charge is 0.259 e. The summed E-state index contributed by atoms with van der Waals surface area (Å²) < 4.78 is 0. The number of anilines is 2. The summed E-state index contributed by atoms with van der Waals surface area (Å²) in [6, 6.07) is 59.0. The largest absolute Gasteiger partial charge is 0.293 e. The molecule has 2 amide bonds. The van der Waals surface area contributed by atoms with Crippen molar-refractivity contribution < 1.29 is 19.2 Å². The van der Waals surface area contributed by atoms with Gasteiger partial charge in [0.05, 0.1) is 0 Å². The Kier molecular flexibility index (Phi) is 10.7. The summed E-state index contributed by atoms with van der Waals surface area (Å²) in [5.41, 5.74) is 3.90. The zero-order chi connectivity index (χ0) is 37.3. The summed E-state index contributed by atoms with van der Waals surface area (Å²) in [5.74, 6) is -1.31. The van der Waals surface area contributed by atoms with Gasteiger partial charge in [-0.05, 0) is 59.7 Å². The molecule has 0 unspecified atom stereocenters. The highest BCUT2D eigenvalue weighted by atomic mass is 16.2. The minimum absolute atomic E-state index is 0.237. The van der Waals surface area contributed by atoms with Crippen LogP contribution in [-0.2, 0) is 0 Å². The summed E-state index contributed by atoms with van der Waals surface area (Å²) in [4.78, 5) is 61.1. The van der Waals surface area contributed by atoms with E-state index in [9.17, 15) is 19.2 Å². The van der Waals surface area contributed by atoms with Crippen LogP contribution >= 0.6 is 0 Å². The number of amides is 2. The molecule has 0 saturated carbocycles. The number of ketones is 2. The van der Waals surface area contributed by atoms with E-state index in [1.54, 1.807) is 97.1 Å². The third-order valence-electron chi connectivity index (χ3n) is 9.25. The van der Waals surface area contributed by atoms with Crippen LogP contribution in [0.15, 0.2) is 206 Å². The van der Waals surface area contributed by atoms with Crippen LogP contribution in [-0.4, -0.2) is 23.4 Å². The molecule has 0 aliphatic heterocycles. The van der Waals surface area contributed by atoms with Gasteiger partial charge < -0.3 is 0 Å². The van der Waals surface area contributed by atoms with Gasteiger partial charge in [-0.15, -0.1) is 0 Å². The average Bonchev–Trinajstić information content (AvgIpc) is 3.25. The molecule has 2 atom stereocenters. The van der Waals surface area contributed by atoms with Crippen molar-refractivity contribution in [2.75, 3.05) is 9.80 Å². The lowest BCUT2D eigenvalue weighted by Gasteiger charge is -2.32. The van der Waals surface area contributed by atoms with E-state index in [-0.39, 0.29) is 22.7 Å². The fraction of sp³-hybridized carbons (Fsp3) is 0.0417. The van der Waals surface area contributed by atoms with Crippen molar-refractivity contribution in [3.05, 3.63) is 240 Å². The standard InChI is InChI=1S/C48H36N2O4/c51-45(37-23-11-3-12-24-37)43(35-19-7-1-8-20-35)49(41-27-15-5-16-28-41)47(53)39-31-33-40(34-32-39)48(54)50(42-29-17-6-18-30-42)44(36-21-9-2-10-22-36)46(52)38-25-13-4-14-26-38/h1-34,43-44H/t43-,44-/m1/s1. The molecular weight excluding hydrogens is 669 g/mol. The summed E-state index contributed by atoms with van der Waals surface area (Å²) in [6.45, 7) is 0. The normalized spacial score (nSPS) is 11.9. The number of hydrogen-bond acceptors (Lipinski definition) is 4. The second-order valence-electron chi connectivity index (χ2n) is 12.7. The highest BCUT2D eigenvalue weighted by Gasteiger charge is 2.36. The minimum Gasteiger partial charge on any atom is -0.293 e. The maximum atomic E-state index is 14.7. The number of nitrogens with zero attached hydrogens (tertiary/aromatic N) is 2. The average molecular weight is 705 g/mol.